The van der Waals surface area contributed by atoms with E-state index in [9.17, 15) is 4.79 Å². The number of amides is 2. The van der Waals surface area contributed by atoms with Gasteiger partial charge in [-0.3, -0.25) is 0 Å². The third kappa shape index (κ3) is 4.15. The molecule has 0 aromatic heterocycles. The summed E-state index contributed by atoms with van der Waals surface area (Å²) >= 11 is 0. The average Bonchev–Trinajstić information content (AvgIpc) is 2.14. The average molecular weight is 177 g/mol. The zero-order valence-electron chi connectivity index (χ0n) is 7.42. The fraction of sp³-hybridized carbons (Fsp3) is 0.300. The predicted octanol–water partition coefficient (Wildman–Crippen LogP) is 1.61. The van der Waals surface area contributed by atoms with Crippen LogP contribution in [0.4, 0.5) is 4.79 Å². The number of aryl methyl sites for hydroxylation is 1. The number of rotatable bonds is 4. The molecule has 69 valence electrons. The molecule has 3 heteroatoms. The number of carbonyl (C=O) groups is 1. The molecule has 2 N–H and O–H groups in total. The van der Waals surface area contributed by atoms with Crippen LogP contribution in [0.3, 0.4) is 0 Å². The fourth-order valence-corrected chi connectivity index (χ4v) is 1.14. The van der Waals surface area contributed by atoms with E-state index in [4.69, 9.17) is 5.73 Å². The molecule has 1 aromatic carbocycles. The van der Waals surface area contributed by atoms with Crippen molar-refractivity contribution < 1.29 is 4.79 Å². The van der Waals surface area contributed by atoms with Gasteiger partial charge in [-0.2, -0.15) is 0 Å². The lowest BCUT2D eigenvalue weighted by Gasteiger charge is -2.01. The summed E-state index contributed by atoms with van der Waals surface area (Å²) in [5.74, 6) is 0. The summed E-state index contributed by atoms with van der Waals surface area (Å²) in [6.45, 7) is 0.581. The normalized spacial score (nSPS) is 9.54. The molecule has 3 nitrogen and oxygen atoms in total. The molecule has 1 aromatic rings. The Labute approximate surface area is 77.9 Å². The van der Waals surface area contributed by atoms with Gasteiger partial charge in [0.15, 0.2) is 0 Å². The van der Waals surface area contributed by atoms with Crippen molar-refractivity contribution in [3.05, 3.63) is 35.9 Å². The largest absolute Gasteiger partial charge is 0.337 e. The molecule has 0 unspecified atom stereocenters. The Morgan fingerprint density at radius 3 is 2.62 bits per heavy atom. The van der Waals surface area contributed by atoms with Gasteiger partial charge in [0.05, 0.1) is 0 Å². The van der Waals surface area contributed by atoms with Crippen LogP contribution in [0.1, 0.15) is 12.0 Å². The molecule has 1 rings (SSSR count). The van der Waals surface area contributed by atoms with Crippen LogP contribution in [-0.4, -0.2) is 12.6 Å². The van der Waals surface area contributed by atoms with E-state index >= 15 is 0 Å². The summed E-state index contributed by atoms with van der Waals surface area (Å²) in [5.41, 5.74) is 7.88. The molecule has 0 aliphatic carbocycles. The summed E-state index contributed by atoms with van der Waals surface area (Å²) in [4.78, 5) is 10.2. The van der Waals surface area contributed by atoms with Crippen LogP contribution in [0.15, 0.2) is 30.3 Å². The lowest BCUT2D eigenvalue weighted by atomic mass is 10.1. The van der Waals surface area contributed by atoms with E-state index in [1.165, 1.54) is 5.56 Å². The van der Waals surface area contributed by atoms with Gasteiger partial charge in [-0.15, -0.1) is 0 Å². The van der Waals surface area contributed by atoms with E-state index in [0.717, 1.165) is 12.8 Å². The highest BCUT2D eigenvalue weighted by molar-refractivity contribution is 5.70. The highest BCUT2D eigenvalue weighted by Gasteiger charge is 1.93. The standard InChI is InChI=1S/C10H13N2O/c11-10(13)12-8-4-7-9-5-2-1-3-6-9/h1-3,5-6,11H,4,7-8H2,(H,12,13). The van der Waals surface area contributed by atoms with Crippen LogP contribution < -0.4 is 11.1 Å². The Morgan fingerprint density at radius 2 is 2.00 bits per heavy atom. The van der Waals surface area contributed by atoms with E-state index in [1.54, 1.807) is 0 Å². The van der Waals surface area contributed by atoms with Gasteiger partial charge in [-0.1, -0.05) is 30.3 Å². The number of benzene rings is 1. The van der Waals surface area contributed by atoms with E-state index in [-0.39, 0.29) is 0 Å². The van der Waals surface area contributed by atoms with Crippen molar-refractivity contribution in [2.75, 3.05) is 6.54 Å². The van der Waals surface area contributed by atoms with Crippen molar-refractivity contribution in [2.45, 2.75) is 12.8 Å². The second-order valence-corrected chi connectivity index (χ2v) is 2.85. The molecule has 13 heavy (non-hydrogen) atoms. The van der Waals surface area contributed by atoms with E-state index in [2.05, 4.69) is 17.4 Å². The molecule has 0 fully saturated rings. The van der Waals surface area contributed by atoms with Crippen LogP contribution in [0.5, 0.6) is 0 Å². The number of hydrogen-bond acceptors (Lipinski definition) is 1. The van der Waals surface area contributed by atoms with Crippen molar-refractivity contribution in [1.29, 1.82) is 0 Å². The molecular weight excluding hydrogens is 164 g/mol. The maximum atomic E-state index is 10.2. The van der Waals surface area contributed by atoms with Crippen molar-refractivity contribution in [3.63, 3.8) is 0 Å². The summed E-state index contributed by atoms with van der Waals surface area (Å²) in [6, 6.07) is 9.39. The third-order valence-corrected chi connectivity index (χ3v) is 1.77. The lowest BCUT2D eigenvalue weighted by Crippen LogP contribution is -2.23. The molecule has 1 radical (unpaired) electrons. The second-order valence-electron chi connectivity index (χ2n) is 2.85. The number of urea groups is 1. The van der Waals surface area contributed by atoms with Crippen molar-refractivity contribution in [3.8, 4) is 0 Å². The van der Waals surface area contributed by atoms with Crippen LogP contribution in [-0.2, 0) is 6.42 Å². The number of hydrogen-bond donors (Lipinski definition) is 1. The van der Waals surface area contributed by atoms with Gasteiger partial charge in [-0.05, 0) is 18.4 Å². The monoisotopic (exact) mass is 177 g/mol. The first-order valence-corrected chi connectivity index (χ1v) is 4.32. The van der Waals surface area contributed by atoms with Gasteiger partial charge in [0.2, 0.25) is 0 Å². The molecule has 0 aliphatic rings. The first-order valence-electron chi connectivity index (χ1n) is 4.32. The molecule has 0 saturated heterocycles. The van der Waals surface area contributed by atoms with Crippen LogP contribution >= 0.6 is 0 Å². The minimum atomic E-state index is -0.701. The topological polar surface area (TPSA) is 52.9 Å². The summed E-state index contributed by atoms with van der Waals surface area (Å²) in [7, 11) is 0. The minimum absolute atomic E-state index is 0.581. The SMILES string of the molecule is [NH]C(=O)NCCCc1ccccc1. The van der Waals surface area contributed by atoms with E-state index < -0.39 is 6.03 Å². The Hall–Kier alpha value is -1.51. The second kappa shape index (κ2) is 5.19. The zero-order valence-corrected chi connectivity index (χ0v) is 7.42. The van der Waals surface area contributed by atoms with Gasteiger partial charge < -0.3 is 5.32 Å². The lowest BCUT2D eigenvalue weighted by molar-refractivity contribution is 0.247. The van der Waals surface area contributed by atoms with Crippen molar-refractivity contribution in [2.24, 2.45) is 0 Å². The number of carbonyl (C=O) groups excluding carboxylic acids is 1. The minimum Gasteiger partial charge on any atom is -0.337 e. The Balaban J connectivity index is 2.17. The van der Waals surface area contributed by atoms with Crippen molar-refractivity contribution in [1.82, 2.24) is 11.1 Å². The third-order valence-electron chi connectivity index (χ3n) is 1.77. The quantitative estimate of drug-likeness (QED) is 0.698. The zero-order chi connectivity index (χ0) is 9.52. The highest BCUT2D eigenvalue weighted by Crippen LogP contribution is 2.01. The van der Waals surface area contributed by atoms with Gasteiger partial charge in [-0.25, -0.2) is 10.5 Å². The summed E-state index contributed by atoms with van der Waals surface area (Å²) < 4.78 is 0. The van der Waals surface area contributed by atoms with Crippen LogP contribution in [0, 0.1) is 0 Å². The van der Waals surface area contributed by atoms with Crippen LogP contribution in [0.2, 0.25) is 0 Å². The highest BCUT2D eigenvalue weighted by atomic mass is 16.2. The molecule has 0 heterocycles. The van der Waals surface area contributed by atoms with Gasteiger partial charge >= 0.3 is 6.03 Å². The molecular formula is C10H13N2O. The maximum Gasteiger partial charge on any atom is 0.333 e. The molecule has 0 spiro atoms. The van der Waals surface area contributed by atoms with Crippen LogP contribution in [0.25, 0.3) is 0 Å². The summed E-state index contributed by atoms with van der Waals surface area (Å²) in [5, 5.41) is 2.44. The smallest absolute Gasteiger partial charge is 0.333 e. The number of nitrogens with one attached hydrogen (secondary N) is 2. The predicted molar refractivity (Wildman–Crippen MR) is 51.3 cm³/mol. The van der Waals surface area contributed by atoms with Gasteiger partial charge in [0.25, 0.3) is 0 Å². The van der Waals surface area contributed by atoms with Gasteiger partial charge in [0, 0.05) is 6.54 Å². The molecule has 0 aliphatic heterocycles. The first-order chi connectivity index (χ1) is 6.29. The first kappa shape index (κ1) is 9.58. The van der Waals surface area contributed by atoms with E-state index in [0.29, 0.717) is 6.54 Å². The molecule has 0 bridgehead atoms. The van der Waals surface area contributed by atoms with E-state index in [1.807, 2.05) is 18.2 Å². The summed E-state index contributed by atoms with van der Waals surface area (Å²) in [6.07, 6.45) is 1.83. The van der Waals surface area contributed by atoms with Crippen molar-refractivity contribution >= 4 is 6.03 Å². The molecule has 0 atom stereocenters. The Kier molecular flexibility index (Phi) is 3.82. The Bertz CT molecular complexity index is 259. The van der Waals surface area contributed by atoms with Gasteiger partial charge in [0.1, 0.15) is 0 Å². The Morgan fingerprint density at radius 1 is 1.31 bits per heavy atom. The maximum absolute atomic E-state index is 10.2. The molecule has 2 amide bonds. The fourth-order valence-electron chi connectivity index (χ4n) is 1.14. The molecule has 0 saturated carbocycles.